The average molecular weight is 420 g/mol. The maximum atomic E-state index is 5.59. The third-order valence-electron chi connectivity index (χ3n) is 5.39. The molecule has 0 atom stereocenters. The van der Waals surface area contributed by atoms with Crippen molar-refractivity contribution in [3.05, 3.63) is 60.0 Å². The number of hydrogen-bond acceptors (Lipinski definition) is 4. The fraction of sp³-hybridized carbons (Fsp3) is 0.240. The number of anilines is 1. The van der Waals surface area contributed by atoms with Gasteiger partial charge < -0.3 is 14.4 Å². The summed E-state index contributed by atoms with van der Waals surface area (Å²) in [4.78, 5) is 3.40. The zero-order chi connectivity index (χ0) is 21.4. The van der Waals surface area contributed by atoms with E-state index in [0.29, 0.717) is 0 Å². The van der Waals surface area contributed by atoms with Gasteiger partial charge in [0.25, 0.3) is 0 Å². The molecule has 0 radical (unpaired) electrons. The minimum atomic E-state index is 0.735. The van der Waals surface area contributed by atoms with E-state index >= 15 is 0 Å². The van der Waals surface area contributed by atoms with Crippen LogP contribution in [-0.2, 0) is 0 Å². The van der Waals surface area contributed by atoms with Crippen molar-refractivity contribution in [1.82, 2.24) is 4.58 Å². The van der Waals surface area contributed by atoms with Crippen molar-refractivity contribution in [3.8, 4) is 33.1 Å². The van der Waals surface area contributed by atoms with E-state index in [1.807, 2.05) is 17.4 Å². The van der Waals surface area contributed by atoms with E-state index in [1.54, 1.807) is 14.2 Å². The Kier molecular flexibility index (Phi) is 5.39. The van der Waals surface area contributed by atoms with Crippen LogP contribution in [-0.4, -0.2) is 42.4 Å². The molecule has 4 rings (SSSR count). The van der Waals surface area contributed by atoms with Crippen molar-refractivity contribution < 1.29 is 9.47 Å². The Hall–Kier alpha value is -3.05. The summed E-state index contributed by atoms with van der Waals surface area (Å²) < 4.78 is 14.4. The van der Waals surface area contributed by atoms with Crippen LogP contribution in [0.1, 0.15) is 0 Å². The molecule has 30 heavy (non-hydrogen) atoms. The first kappa shape index (κ1) is 20.2. The molecule has 0 bridgehead atoms. The lowest BCUT2D eigenvalue weighted by Crippen LogP contribution is -2.21. The van der Waals surface area contributed by atoms with E-state index in [4.69, 9.17) is 9.47 Å². The van der Waals surface area contributed by atoms with Gasteiger partial charge in [-0.15, -0.1) is 11.3 Å². The van der Waals surface area contributed by atoms with Crippen molar-refractivity contribution in [2.24, 2.45) is 0 Å². The van der Waals surface area contributed by atoms with Crippen LogP contribution in [0.2, 0.25) is 0 Å². The van der Waals surface area contributed by atoms with Gasteiger partial charge in [-0.25, -0.2) is 4.58 Å². The Bertz CT molecular complexity index is 1270. The summed E-state index contributed by atoms with van der Waals surface area (Å²) in [5, 5.41) is 2.43. The Morgan fingerprint density at radius 3 is 2.27 bits per heavy atom. The van der Waals surface area contributed by atoms with Crippen LogP contribution in [0.25, 0.3) is 31.7 Å². The second-order valence-corrected chi connectivity index (χ2v) is 8.78. The van der Waals surface area contributed by atoms with E-state index in [9.17, 15) is 0 Å². The Morgan fingerprint density at radius 2 is 1.60 bits per heavy atom. The number of benzene rings is 3. The molecule has 2 aliphatic rings. The average Bonchev–Trinajstić information content (AvgIpc) is 2.75. The molecule has 154 valence electrons. The van der Waals surface area contributed by atoms with Crippen molar-refractivity contribution in [1.29, 1.82) is 0 Å². The maximum Gasteiger partial charge on any atom is 0.200 e. The molecule has 0 unspecified atom stereocenters. The zero-order valence-electron chi connectivity index (χ0n) is 18.3. The van der Waals surface area contributed by atoms with Gasteiger partial charge in [0.2, 0.25) is 5.36 Å². The van der Waals surface area contributed by atoms with Crippen molar-refractivity contribution in [3.63, 3.8) is 0 Å². The van der Waals surface area contributed by atoms with E-state index in [2.05, 4.69) is 86.2 Å². The molecular weight excluding hydrogens is 392 g/mol. The van der Waals surface area contributed by atoms with Gasteiger partial charge in [0.1, 0.15) is 14.1 Å². The third-order valence-corrected chi connectivity index (χ3v) is 6.51. The van der Waals surface area contributed by atoms with Crippen LogP contribution in [0.15, 0.2) is 54.6 Å². The highest BCUT2D eigenvalue weighted by Crippen LogP contribution is 2.45. The summed E-state index contributed by atoms with van der Waals surface area (Å²) in [6.45, 7) is 0. The Morgan fingerprint density at radius 1 is 0.833 bits per heavy atom. The largest absolute Gasteiger partial charge is 0.493 e. The summed E-state index contributed by atoms with van der Waals surface area (Å²) in [7, 11) is 11.6. The Labute approximate surface area is 181 Å². The fourth-order valence-electron chi connectivity index (χ4n) is 3.73. The van der Waals surface area contributed by atoms with Gasteiger partial charge in [-0.2, -0.15) is 0 Å². The third kappa shape index (κ3) is 3.50. The predicted molar refractivity (Wildman–Crippen MR) is 128 cm³/mol. The first-order valence-corrected chi connectivity index (χ1v) is 10.6. The highest BCUT2D eigenvalue weighted by Gasteiger charge is 2.18. The van der Waals surface area contributed by atoms with Crippen molar-refractivity contribution in [2.75, 3.05) is 47.3 Å². The quantitative estimate of drug-likeness (QED) is 0.351. The lowest BCUT2D eigenvalue weighted by atomic mass is 9.95. The minimum absolute atomic E-state index is 0.735. The van der Waals surface area contributed by atoms with Crippen molar-refractivity contribution >= 4 is 27.1 Å². The van der Waals surface area contributed by atoms with Gasteiger partial charge in [0.05, 0.1) is 14.2 Å². The molecule has 0 spiro atoms. The van der Waals surface area contributed by atoms with Gasteiger partial charge in [0.15, 0.2) is 11.5 Å². The van der Waals surface area contributed by atoms with Crippen LogP contribution in [0.4, 0.5) is 5.69 Å². The number of ether oxygens (including phenoxy) is 2. The molecule has 1 aliphatic carbocycles. The topological polar surface area (TPSA) is 24.7 Å². The molecule has 0 N–H and O–H groups in total. The predicted octanol–water partition coefficient (Wildman–Crippen LogP) is 4.79. The standard InChI is InChI=1S/C25H27N2O2S/c1-26(2)17-8-10-19-23(14-17)30-24-15-18(27(3)4)9-11-20(24)25(19)16-7-12-21(28-5)22(13-16)29-6/h7-15H,1-6H3/q+1. The summed E-state index contributed by atoms with van der Waals surface area (Å²) in [5.74, 6) is 1.47. The first-order chi connectivity index (χ1) is 14.4. The molecular formula is C25H27N2O2S+. The van der Waals surface area contributed by atoms with Crippen LogP contribution in [0, 0.1) is 0 Å². The minimum Gasteiger partial charge on any atom is -0.493 e. The lowest BCUT2D eigenvalue weighted by molar-refractivity contribution is 0.355. The highest BCUT2D eigenvalue weighted by atomic mass is 32.1. The monoisotopic (exact) mass is 419 g/mol. The molecule has 0 saturated carbocycles. The van der Waals surface area contributed by atoms with E-state index in [-0.39, 0.29) is 0 Å². The van der Waals surface area contributed by atoms with Crippen LogP contribution >= 0.6 is 11.3 Å². The summed E-state index contributed by atoms with van der Waals surface area (Å²) in [6.07, 6.45) is 0. The molecule has 0 aromatic heterocycles. The van der Waals surface area contributed by atoms with E-state index in [0.717, 1.165) is 17.1 Å². The molecule has 0 saturated heterocycles. The number of fused-ring (bicyclic) bond motifs is 2. The lowest BCUT2D eigenvalue weighted by Gasteiger charge is -2.19. The highest BCUT2D eigenvalue weighted by molar-refractivity contribution is 7.21. The second kappa shape index (κ2) is 8.00. The normalized spacial score (nSPS) is 11.0. The fourth-order valence-corrected chi connectivity index (χ4v) is 4.88. The summed E-state index contributed by atoms with van der Waals surface area (Å²) in [5.41, 5.74) is 4.77. The van der Waals surface area contributed by atoms with Gasteiger partial charge >= 0.3 is 0 Å². The molecule has 0 fully saturated rings. The molecule has 2 aromatic rings. The SMILES string of the molecule is COc1ccc(-c2c3ccc(=[N+](C)C)cc-3sc3cc(N(C)C)ccc23)cc1OC. The van der Waals surface area contributed by atoms with Crippen LogP contribution in [0.3, 0.4) is 0 Å². The number of hydrogen-bond donors (Lipinski definition) is 0. The van der Waals surface area contributed by atoms with Crippen LogP contribution < -0.4 is 24.3 Å². The maximum absolute atomic E-state index is 5.59. The molecule has 1 aliphatic heterocycles. The molecule has 2 aromatic carbocycles. The van der Waals surface area contributed by atoms with Gasteiger partial charge in [-0.05, 0) is 41.5 Å². The van der Waals surface area contributed by atoms with Crippen molar-refractivity contribution in [2.45, 2.75) is 0 Å². The molecule has 4 nitrogen and oxygen atoms in total. The second-order valence-electron chi connectivity index (χ2n) is 7.70. The molecule has 5 heteroatoms. The smallest absolute Gasteiger partial charge is 0.200 e. The first-order valence-electron chi connectivity index (χ1n) is 9.83. The van der Waals surface area contributed by atoms with E-state index in [1.165, 1.54) is 37.1 Å². The molecule has 1 heterocycles. The number of methoxy groups -OCH3 is 2. The summed E-state index contributed by atoms with van der Waals surface area (Å²) in [6, 6.07) is 19.5. The van der Waals surface area contributed by atoms with Gasteiger partial charge in [-0.3, -0.25) is 0 Å². The van der Waals surface area contributed by atoms with Crippen LogP contribution in [0.5, 0.6) is 11.5 Å². The van der Waals surface area contributed by atoms with Gasteiger partial charge in [-0.1, -0.05) is 12.1 Å². The zero-order valence-corrected chi connectivity index (χ0v) is 19.1. The Balaban J connectivity index is 2.11. The summed E-state index contributed by atoms with van der Waals surface area (Å²) >= 11 is 1.83. The number of nitrogens with zero attached hydrogens (tertiary/aromatic N) is 2. The molecule has 0 amide bonds. The van der Waals surface area contributed by atoms with Gasteiger partial charge in [0, 0.05) is 52.4 Å². The number of rotatable bonds is 4. The van der Waals surface area contributed by atoms with E-state index < -0.39 is 0 Å².